The van der Waals surface area contributed by atoms with Gasteiger partial charge in [0.25, 0.3) is 0 Å². The van der Waals surface area contributed by atoms with Crippen molar-refractivity contribution in [2.75, 3.05) is 13.1 Å². The molecule has 0 aromatic carbocycles. The summed E-state index contributed by atoms with van der Waals surface area (Å²) in [7, 11) is 0. The number of allylic oxidation sites excluding steroid dienone is 2. The first kappa shape index (κ1) is 13.8. The van der Waals surface area contributed by atoms with E-state index in [-0.39, 0.29) is 17.6 Å². The Bertz CT molecular complexity index is 370. The Labute approximate surface area is 104 Å². The van der Waals surface area contributed by atoms with Crippen molar-refractivity contribution in [2.45, 2.75) is 47.0 Å². The number of Topliss-reactive ketones (excluding diaryl/α,β-unsaturated/α-hetero) is 1. The van der Waals surface area contributed by atoms with Gasteiger partial charge in [0.05, 0.1) is 12.5 Å². The van der Waals surface area contributed by atoms with Crippen LogP contribution in [-0.2, 0) is 4.79 Å². The third-order valence-electron chi connectivity index (χ3n) is 3.37. The molecule has 3 heteroatoms. The highest BCUT2D eigenvalue weighted by Crippen LogP contribution is 2.38. The molecule has 1 rings (SSSR count). The van der Waals surface area contributed by atoms with Crippen LogP contribution in [0.4, 0.5) is 0 Å². The summed E-state index contributed by atoms with van der Waals surface area (Å²) in [5, 5.41) is 8.86. The van der Waals surface area contributed by atoms with Gasteiger partial charge in [-0.2, -0.15) is 5.26 Å². The highest BCUT2D eigenvalue weighted by molar-refractivity contribution is 5.97. The maximum absolute atomic E-state index is 12.1. The van der Waals surface area contributed by atoms with Crippen molar-refractivity contribution in [1.82, 2.24) is 4.90 Å². The maximum atomic E-state index is 12.1. The normalized spacial score (nSPS) is 19.1. The number of ketones is 1. The van der Waals surface area contributed by atoms with Gasteiger partial charge in [0, 0.05) is 30.8 Å². The Kier molecular flexibility index (Phi) is 4.34. The summed E-state index contributed by atoms with van der Waals surface area (Å²) < 4.78 is 0. The van der Waals surface area contributed by atoms with Crippen LogP contribution in [0.15, 0.2) is 11.3 Å². The van der Waals surface area contributed by atoms with Gasteiger partial charge in [-0.25, -0.2) is 0 Å². The molecule has 0 saturated heterocycles. The molecule has 0 heterocycles. The minimum absolute atomic E-state index is 0.0218. The molecule has 0 fully saturated rings. The van der Waals surface area contributed by atoms with E-state index in [1.165, 1.54) is 0 Å². The summed E-state index contributed by atoms with van der Waals surface area (Å²) in [4.78, 5) is 14.3. The van der Waals surface area contributed by atoms with Crippen molar-refractivity contribution in [3.8, 4) is 6.07 Å². The number of hydrogen-bond acceptors (Lipinski definition) is 3. The van der Waals surface area contributed by atoms with Crippen LogP contribution in [0.25, 0.3) is 0 Å². The molecule has 0 spiro atoms. The molecule has 0 unspecified atom stereocenters. The molecule has 17 heavy (non-hydrogen) atoms. The summed E-state index contributed by atoms with van der Waals surface area (Å²) >= 11 is 0. The molecule has 0 aliphatic heterocycles. The van der Waals surface area contributed by atoms with Crippen LogP contribution in [-0.4, -0.2) is 23.8 Å². The van der Waals surface area contributed by atoms with Crippen LogP contribution >= 0.6 is 0 Å². The van der Waals surface area contributed by atoms with E-state index in [9.17, 15) is 4.79 Å². The zero-order valence-corrected chi connectivity index (χ0v) is 11.3. The Hall–Kier alpha value is -1.30. The SMILES string of the molecule is CCN(CC)C1=C(CC#N)C(=O)CC(C)(C)C1. The highest BCUT2D eigenvalue weighted by atomic mass is 16.1. The van der Waals surface area contributed by atoms with Gasteiger partial charge in [0.2, 0.25) is 0 Å². The average Bonchev–Trinajstić information content (AvgIpc) is 2.23. The molecule has 0 atom stereocenters. The number of carbonyl (C=O) groups excluding carboxylic acids is 1. The number of nitriles is 1. The van der Waals surface area contributed by atoms with Crippen molar-refractivity contribution < 1.29 is 4.79 Å². The summed E-state index contributed by atoms with van der Waals surface area (Å²) in [5.74, 6) is 0.157. The molecule has 0 N–H and O–H groups in total. The van der Waals surface area contributed by atoms with Crippen molar-refractivity contribution in [3.05, 3.63) is 11.3 Å². The van der Waals surface area contributed by atoms with E-state index in [1.54, 1.807) is 0 Å². The quantitative estimate of drug-likeness (QED) is 0.751. The van der Waals surface area contributed by atoms with Gasteiger partial charge >= 0.3 is 0 Å². The largest absolute Gasteiger partial charge is 0.375 e. The van der Waals surface area contributed by atoms with E-state index >= 15 is 0 Å². The third kappa shape index (κ3) is 3.09. The van der Waals surface area contributed by atoms with Crippen LogP contribution < -0.4 is 0 Å². The van der Waals surface area contributed by atoms with E-state index in [0.717, 1.165) is 30.8 Å². The summed E-state index contributed by atoms with van der Waals surface area (Å²) in [6, 6.07) is 2.12. The smallest absolute Gasteiger partial charge is 0.162 e. The fraction of sp³-hybridized carbons (Fsp3) is 0.714. The van der Waals surface area contributed by atoms with Crippen LogP contribution in [0.1, 0.15) is 47.0 Å². The first-order valence-corrected chi connectivity index (χ1v) is 6.32. The highest BCUT2D eigenvalue weighted by Gasteiger charge is 2.34. The van der Waals surface area contributed by atoms with Gasteiger partial charge < -0.3 is 4.90 Å². The topological polar surface area (TPSA) is 44.1 Å². The fourth-order valence-corrected chi connectivity index (χ4v) is 2.51. The summed E-state index contributed by atoms with van der Waals surface area (Å²) in [6.45, 7) is 10.2. The Balaban J connectivity index is 3.17. The molecule has 94 valence electrons. The van der Waals surface area contributed by atoms with Crippen molar-refractivity contribution in [3.63, 3.8) is 0 Å². The monoisotopic (exact) mass is 234 g/mol. The molecular weight excluding hydrogens is 212 g/mol. The fourth-order valence-electron chi connectivity index (χ4n) is 2.51. The van der Waals surface area contributed by atoms with Crippen molar-refractivity contribution in [1.29, 1.82) is 5.26 Å². The second-order valence-corrected chi connectivity index (χ2v) is 5.37. The second kappa shape index (κ2) is 5.35. The van der Waals surface area contributed by atoms with Gasteiger partial charge in [-0.3, -0.25) is 4.79 Å². The van der Waals surface area contributed by atoms with Crippen LogP contribution in [0.2, 0.25) is 0 Å². The number of hydrogen-bond donors (Lipinski definition) is 0. The maximum Gasteiger partial charge on any atom is 0.162 e. The standard InChI is InChI=1S/C14H22N2O/c1-5-16(6-2)12-9-14(3,4)10-13(17)11(12)7-8-15/h5-7,9-10H2,1-4H3. The van der Waals surface area contributed by atoms with E-state index in [4.69, 9.17) is 5.26 Å². The van der Waals surface area contributed by atoms with Crippen molar-refractivity contribution in [2.24, 2.45) is 5.41 Å². The number of carbonyl (C=O) groups is 1. The van der Waals surface area contributed by atoms with Gasteiger partial charge in [0.15, 0.2) is 5.78 Å². The Morgan fingerprint density at radius 2 is 1.88 bits per heavy atom. The number of rotatable bonds is 4. The zero-order valence-electron chi connectivity index (χ0n) is 11.3. The average molecular weight is 234 g/mol. The minimum atomic E-state index is 0.0218. The molecule has 0 amide bonds. The lowest BCUT2D eigenvalue weighted by Crippen LogP contribution is -2.34. The molecule has 3 nitrogen and oxygen atoms in total. The predicted octanol–water partition coefficient (Wildman–Crippen LogP) is 2.89. The van der Waals surface area contributed by atoms with Gasteiger partial charge in [-0.05, 0) is 25.7 Å². The second-order valence-electron chi connectivity index (χ2n) is 5.37. The summed E-state index contributed by atoms with van der Waals surface area (Å²) in [5.41, 5.74) is 1.86. The zero-order chi connectivity index (χ0) is 13.1. The predicted molar refractivity (Wildman–Crippen MR) is 68.2 cm³/mol. The van der Waals surface area contributed by atoms with Crippen LogP contribution in [0, 0.1) is 16.7 Å². The lowest BCUT2D eigenvalue weighted by atomic mass is 9.75. The van der Waals surface area contributed by atoms with E-state index in [2.05, 4.69) is 38.7 Å². The molecule has 0 radical (unpaired) electrons. The van der Waals surface area contributed by atoms with Gasteiger partial charge in [0.1, 0.15) is 0 Å². The first-order valence-electron chi connectivity index (χ1n) is 6.32. The van der Waals surface area contributed by atoms with Crippen LogP contribution in [0.3, 0.4) is 0 Å². The molecule has 1 aliphatic rings. The van der Waals surface area contributed by atoms with E-state index in [0.29, 0.717) is 6.42 Å². The molecule has 0 aromatic rings. The number of nitrogens with zero attached hydrogens (tertiary/aromatic N) is 2. The Morgan fingerprint density at radius 3 is 2.35 bits per heavy atom. The molecule has 0 aromatic heterocycles. The molecule has 0 bridgehead atoms. The Morgan fingerprint density at radius 1 is 1.29 bits per heavy atom. The molecule has 0 saturated carbocycles. The summed E-state index contributed by atoms with van der Waals surface area (Å²) in [6.07, 6.45) is 1.72. The van der Waals surface area contributed by atoms with Crippen molar-refractivity contribution >= 4 is 5.78 Å². The van der Waals surface area contributed by atoms with Gasteiger partial charge in [-0.1, -0.05) is 13.8 Å². The minimum Gasteiger partial charge on any atom is -0.375 e. The first-order chi connectivity index (χ1) is 7.95. The van der Waals surface area contributed by atoms with Crippen LogP contribution in [0.5, 0.6) is 0 Å². The lowest BCUT2D eigenvalue weighted by Gasteiger charge is -2.37. The molecule has 1 aliphatic carbocycles. The van der Waals surface area contributed by atoms with E-state index < -0.39 is 0 Å². The lowest BCUT2D eigenvalue weighted by molar-refractivity contribution is -0.118. The molecular formula is C14H22N2O. The third-order valence-corrected chi connectivity index (χ3v) is 3.37. The van der Waals surface area contributed by atoms with E-state index in [1.807, 2.05) is 0 Å². The van der Waals surface area contributed by atoms with Gasteiger partial charge in [-0.15, -0.1) is 0 Å².